The quantitative estimate of drug-likeness (QED) is 0.320. The first-order chi connectivity index (χ1) is 21.1. The average Bonchev–Trinajstić information content (AvgIpc) is 3.58. The van der Waals surface area contributed by atoms with Gasteiger partial charge in [-0.25, -0.2) is 0 Å². The lowest BCUT2D eigenvalue weighted by Gasteiger charge is -2.48. The first kappa shape index (κ1) is 33.3. The number of aromatic amines is 1. The minimum absolute atomic E-state index is 0.111. The second kappa shape index (κ2) is 12.6. The van der Waals surface area contributed by atoms with Crippen LogP contribution in [0.3, 0.4) is 0 Å². The second-order valence-corrected chi connectivity index (χ2v) is 17.0. The van der Waals surface area contributed by atoms with Crippen molar-refractivity contribution in [2.45, 2.75) is 138 Å². The molecule has 1 spiro atoms. The van der Waals surface area contributed by atoms with E-state index in [-0.39, 0.29) is 41.1 Å². The number of aromatic nitrogens is 4. The highest BCUT2D eigenvalue weighted by atomic mass is 16.2. The number of rotatable bonds is 8. The van der Waals surface area contributed by atoms with Gasteiger partial charge in [-0.1, -0.05) is 72.7 Å². The van der Waals surface area contributed by atoms with E-state index in [9.17, 15) is 9.59 Å². The molecule has 246 valence electrons. The Morgan fingerprint density at radius 2 is 1.64 bits per heavy atom. The van der Waals surface area contributed by atoms with Gasteiger partial charge in [0, 0.05) is 11.5 Å². The first-order valence-corrected chi connectivity index (χ1v) is 17.1. The first-order valence-electron chi connectivity index (χ1n) is 17.1. The van der Waals surface area contributed by atoms with Gasteiger partial charge in [-0.05, 0) is 104 Å². The van der Waals surface area contributed by atoms with Crippen LogP contribution in [0, 0.1) is 28.1 Å². The van der Waals surface area contributed by atoms with E-state index in [1.165, 1.54) is 0 Å². The molecule has 1 aliphatic heterocycles. The summed E-state index contributed by atoms with van der Waals surface area (Å²) in [6.07, 6.45) is 10.1. The monoisotopic (exact) mass is 617 g/mol. The Labute approximate surface area is 269 Å². The molecular weight excluding hydrogens is 562 g/mol. The predicted octanol–water partition coefficient (Wildman–Crippen LogP) is 7.43. The number of carbonyl (C=O) groups excluding carboxylic acids is 2. The number of benzene rings is 1. The van der Waals surface area contributed by atoms with Gasteiger partial charge < -0.3 is 10.2 Å². The van der Waals surface area contributed by atoms with Gasteiger partial charge in [0.15, 0.2) is 5.82 Å². The number of amides is 2. The number of H-pyrrole nitrogens is 1. The van der Waals surface area contributed by atoms with Gasteiger partial charge in [0.2, 0.25) is 0 Å². The molecule has 2 aromatic rings. The van der Waals surface area contributed by atoms with Crippen LogP contribution in [0.1, 0.15) is 147 Å². The molecule has 2 saturated carbocycles. The van der Waals surface area contributed by atoms with E-state index < -0.39 is 5.66 Å². The summed E-state index contributed by atoms with van der Waals surface area (Å²) < 4.78 is 0. The zero-order chi connectivity index (χ0) is 32.6. The molecule has 3 aliphatic rings. The van der Waals surface area contributed by atoms with E-state index in [0.29, 0.717) is 22.7 Å². The number of carbonyl (C=O) groups is 2. The SMILES string of the molecule is CC(C)(C)CC[C@H](c1ccc(C(=O)NCc2nn[nH]n2)cc1)N1C(=O)C(C2CCC(C)(C)CC2)=NC12CCC(C(C)(C)C)CC2. The molecule has 2 N–H and O–H groups in total. The van der Waals surface area contributed by atoms with Gasteiger partial charge in [0.25, 0.3) is 11.8 Å². The van der Waals surface area contributed by atoms with Crippen LogP contribution in [0.15, 0.2) is 29.3 Å². The normalized spacial score (nSPS) is 21.6. The lowest BCUT2D eigenvalue weighted by Crippen LogP contribution is -2.51. The molecule has 0 unspecified atom stereocenters. The molecule has 2 heterocycles. The zero-order valence-electron chi connectivity index (χ0n) is 28.9. The summed E-state index contributed by atoms with van der Waals surface area (Å²) in [5, 5.41) is 16.6. The summed E-state index contributed by atoms with van der Waals surface area (Å²) in [4.78, 5) is 35.4. The van der Waals surface area contributed by atoms with Gasteiger partial charge in [-0.3, -0.25) is 14.6 Å². The lowest BCUT2D eigenvalue weighted by atomic mass is 9.69. The predicted molar refractivity (Wildman–Crippen MR) is 177 cm³/mol. The molecule has 1 aromatic carbocycles. The van der Waals surface area contributed by atoms with Crippen LogP contribution in [0.2, 0.25) is 0 Å². The van der Waals surface area contributed by atoms with Crippen molar-refractivity contribution in [2.24, 2.45) is 33.1 Å². The van der Waals surface area contributed by atoms with Crippen molar-refractivity contribution in [3.8, 4) is 0 Å². The third-order valence-corrected chi connectivity index (χ3v) is 10.8. The van der Waals surface area contributed by atoms with E-state index in [1.807, 2.05) is 24.3 Å². The summed E-state index contributed by atoms with van der Waals surface area (Å²) in [5.74, 6) is 1.24. The second-order valence-electron chi connectivity index (χ2n) is 17.0. The largest absolute Gasteiger partial charge is 0.345 e. The molecule has 1 atom stereocenters. The number of tetrazole rings is 1. The van der Waals surface area contributed by atoms with Crippen molar-refractivity contribution >= 4 is 17.5 Å². The van der Waals surface area contributed by atoms with Crippen LogP contribution in [-0.2, 0) is 11.3 Å². The summed E-state index contributed by atoms with van der Waals surface area (Å²) in [7, 11) is 0. The van der Waals surface area contributed by atoms with Gasteiger partial charge in [0.1, 0.15) is 11.4 Å². The molecule has 45 heavy (non-hydrogen) atoms. The Bertz CT molecular complexity index is 1350. The highest BCUT2D eigenvalue weighted by Crippen LogP contribution is 2.51. The van der Waals surface area contributed by atoms with E-state index in [0.717, 1.165) is 75.5 Å². The van der Waals surface area contributed by atoms with Gasteiger partial charge in [-0.2, -0.15) is 5.21 Å². The fourth-order valence-electron chi connectivity index (χ4n) is 7.70. The lowest BCUT2D eigenvalue weighted by molar-refractivity contribution is -0.134. The highest BCUT2D eigenvalue weighted by Gasteiger charge is 2.54. The van der Waals surface area contributed by atoms with Crippen molar-refractivity contribution in [1.29, 1.82) is 0 Å². The molecule has 9 nitrogen and oxygen atoms in total. The molecule has 2 aliphatic carbocycles. The smallest absolute Gasteiger partial charge is 0.270 e. The van der Waals surface area contributed by atoms with Gasteiger partial charge in [-0.15, -0.1) is 10.2 Å². The Morgan fingerprint density at radius 3 is 2.20 bits per heavy atom. The Hall–Kier alpha value is -3.10. The number of nitrogens with zero attached hydrogens (tertiary/aromatic N) is 5. The van der Waals surface area contributed by atoms with Crippen molar-refractivity contribution in [3.63, 3.8) is 0 Å². The van der Waals surface area contributed by atoms with Crippen LogP contribution in [0.5, 0.6) is 0 Å². The molecule has 9 heteroatoms. The van der Waals surface area contributed by atoms with Gasteiger partial charge in [0.05, 0.1) is 12.6 Å². The fourth-order valence-corrected chi connectivity index (χ4v) is 7.70. The third kappa shape index (κ3) is 7.66. The minimum Gasteiger partial charge on any atom is -0.345 e. The Kier molecular flexibility index (Phi) is 9.31. The van der Waals surface area contributed by atoms with E-state index in [1.54, 1.807) is 0 Å². The van der Waals surface area contributed by atoms with Crippen molar-refractivity contribution < 1.29 is 9.59 Å². The standard InChI is InChI=1S/C36H55N7O2/c1-33(2,3)18-17-28(24-9-11-26(12-10-24)31(44)37-23-29-39-41-42-40-29)43-32(45)30(25-13-19-35(7,8)20-14-25)38-36(43)21-15-27(16-22-36)34(4,5)6/h9-12,25,27-28H,13-23H2,1-8H3,(H,37,44)(H,39,40,41,42)/t27?,28-,36?/m1/s1. The van der Waals surface area contributed by atoms with Crippen LogP contribution in [-0.4, -0.2) is 48.7 Å². The van der Waals surface area contributed by atoms with Crippen LogP contribution in [0.25, 0.3) is 0 Å². The molecule has 1 aromatic heterocycles. The molecule has 5 rings (SSSR count). The Balaban J connectivity index is 1.46. The van der Waals surface area contributed by atoms with Crippen molar-refractivity contribution in [3.05, 3.63) is 41.2 Å². The minimum atomic E-state index is -0.496. The number of nitrogens with one attached hydrogen (secondary N) is 2. The topological polar surface area (TPSA) is 116 Å². The highest BCUT2D eigenvalue weighted by molar-refractivity contribution is 6.41. The van der Waals surface area contributed by atoms with Crippen LogP contribution in [0.4, 0.5) is 0 Å². The number of hydrogen-bond acceptors (Lipinski definition) is 6. The summed E-state index contributed by atoms with van der Waals surface area (Å²) in [6, 6.07) is 7.72. The number of aliphatic imine (C=N–C) groups is 1. The molecular formula is C36H55N7O2. The summed E-state index contributed by atoms with van der Waals surface area (Å²) in [5.41, 5.74) is 2.65. The summed E-state index contributed by atoms with van der Waals surface area (Å²) >= 11 is 0. The number of hydrogen-bond donors (Lipinski definition) is 2. The van der Waals surface area contributed by atoms with E-state index >= 15 is 0 Å². The van der Waals surface area contributed by atoms with Crippen molar-refractivity contribution in [1.82, 2.24) is 30.8 Å². The van der Waals surface area contributed by atoms with Crippen LogP contribution >= 0.6 is 0 Å². The maximum atomic E-state index is 14.7. The maximum Gasteiger partial charge on any atom is 0.270 e. The third-order valence-electron chi connectivity index (χ3n) is 10.8. The fraction of sp³-hybridized carbons (Fsp3) is 0.722. The molecule has 0 bridgehead atoms. The van der Waals surface area contributed by atoms with E-state index in [2.05, 4.69) is 86.2 Å². The molecule has 0 radical (unpaired) electrons. The Morgan fingerprint density at radius 1 is 1.00 bits per heavy atom. The molecule has 2 amide bonds. The summed E-state index contributed by atoms with van der Waals surface area (Å²) in [6.45, 7) is 18.7. The van der Waals surface area contributed by atoms with Crippen molar-refractivity contribution in [2.75, 3.05) is 0 Å². The maximum absolute atomic E-state index is 14.7. The zero-order valence-corrected chi connectivity index (χ0v) is 28.9. The molecule has 0 saturated heterocycles. The molecule has 2 fully saturated rings. The average molecular weight is 618 g/mol. The van der Waals surface area contributed by atoms with Crippen LogP contribution < -0.4 is 5.32 Å². The van der Waals surface area contributed by atoms with Gasteiger partial charge >= 0.3 is 0 Å². The van der Waals surface area contributed by atoms with E-state index in [4.69, 9.17) is 4.99 Å².